The molecule has 1 unspecified atom stereocenters. The zero-order chi connectivity index (χ0) is 18.7. The topological polar surface area (TPSA) is 63.7 Å². The van der Waals surface area contributed by atoms with Crippen LogP contribution in [0, 0.1) is 0 Å². The number of benzene rings is 2. The second kappa shape index (κ2) is 7.68. The quantitative estimate of drug-likeness (QED) is 0.782. The largest absolute Gasteiger partial charge is 0.497 e. The molecule has 138 valence electrons. The molecule has 1 amide bonds. The number of sulfone groups is 1. The normalized spacial score (nSPS) is 18.5. The number of carbonyl (C=O) groups excluding carboxylic acids is 1. The SMILES string of the molecule is COc1cccc(C(=O)N(Cc2cccc(Cl)c2)C2CCS(=O)(=O)C2)c1. The van der Waals surface area contributed by atoms with Crippen molar-refractivity contribution in [1.82, 2.24) is 4.90 Å². The zero-order valence-corrected chi connectivity index (χ0v) is 16.0. The Balaban J connectivity index is 1.92. The minimum Gasteiger partial charge on any atom is -0.497 e. The molecule has 2 aromatic carbocycles. The van der Waals surface area contributed by atoms with Crippen LogP contribution in [0.25, 0.3) is 0 Å². The molecule has 2 aromatic rings. The average Bonchev–Trinajstić information content (AvgIpc) is 2.99. The lowest BCUT2D eigenvalue weighted by Crippen LogP contribution is -2.40. The average molecular weight is 394 g/mol. The van der Waals surface area contributed by atoms with Gasteiger partial charge in [0.2, 0.25) is 0 Å². The Morgan fingerprint density at radius 2 is 2.00 bits per heavy atom. The number of amides is 1. The highest BCUT2D eigenvalue weighted by Gasteiger charge is 2.35. The molecule has 0 N–H and O–H groups in total. The minimum absolute atomic E-state index is 0.0106. The van der Waals surface area contributed by atoms with E-state index in [-0.39, 0.29) is 23.5 Å². The third-order valence-corrected chi connectivity index (χ3v) is 6.45. The molecule has 0 spiro atoms. The Kier molecular flexibility index (Phi) is 5.53. The molecular weight excluding hydrogens is 374 g/mol. The molecule has 1 fully saturated rings. The first-order chi connectivity index (χ1) is 12.4. The number of carbonyl (C=O) groups is 1. The van der Waals surface area contributed by atoms with Gasteiger partial charge >= 0.3 is 0 Å². The number of ether oxygens (including phenoxy) is 1. The summed E-state index contributed by atoms with van der Waals surface area (Å²) in [5, 5.41) is 0.579. The first kappa shape index (κ1) is 18.7. The fraction of sp³-hybridized carbons (Fsp3) is 0.316. The molecule has 26 heavy (non-hydrogen) atoms. The standard InChI is InChI=1S/C19H20ClNO4S/c1-25-18-7-3-5-15(11-18)19(22)21(17-8-9-26(23,24)13-17)12-14-4-2-6-16(20)10-14/h2-7,10-11,17H,8-9,12-13H2,1H3. The Morgan fingerprint density at radius 1 is 1.23 bits per heavy atom. The monoisotopic (exact) mass is 393 g/mol. The summed E-state index contributed by atoms with van der Waals surface area (Å²) in [5.74, 6) is 0.460. The van der Waals surface area contributed by atoms with Crippen LogP contribution in [-0.4, -0.2) is 43.9 Å². The maximum Gasteiger partial charge on any atom is 0.254 e. The number of hydrogen-bond donors (Lipinski definition) is 0. The van der Waals surface area contributed by atoms with Gasteiger partial charge in [0.1, 0.15) is 5.75 Å². The maximum absolute atomic E-state index is 13.1. The zero-order valence-electron chi connectivity index (χ0n) is 14.4. The molecule has 0 saturated carbocycles. The van der Waals surface area contributed by atoms with Crippen LogP contribution in [0.5, 0.6) is 5.75 Å². The van der Waals surface area contributed by atoms with Gasteiger partial charge in [-0.15, -0.1) is 0 Å². The first-order valence-electron chi connectivity index (χ1n) is 8.28. The lowest BCUT2D eigenvalue weighted by molar-refractivity contribution is 0.0680. The summed E-state index contributed by atoms with van der Waals surface area (Å²) < 4.78 is 29.1. The van der Waals surface area contributed by atoms with Crippen LogP contribution in [0.4, 0.5) is 0 Å². The minimum atomic E-state index is -3.11. The van der Waals surface area contributed by atoms with Gasteiger partial charge < -0.3 is 9.64 Å². The van der Waals surface area contributed by atoms with Gasteiger partial charge in [-0.3, -0.25) is 4.79 Å². The third kappa shape index (κ3) is 4.37. The molecule has 1 aliphatic rings. The second-order valence-electron chi connectivity index (χ2n) is 6.35. The van der Waals surface area contributed by atoms with Crippen molar-refractivity contribution in [2.45, 2.75) is 19.0 Å². The van der Waals surface area contributed by atoms with Gasteiger partial charge in [-0.1, -0.05) is 29.8 Å². The van der Waals surface area contributed by atoms with Crippen molar-refractivity contribution in [2.75, 3.05) is 18.6 Å². The predicted octanol–water partition coefficient (Wildman–Crippen LogP) is 3.18. The number of halogens is 1. The fourth-order valence-electron chi connectivity index (χ4n) is 3.14. The van der Waals surface area contributed by atoms with E-state index in [1.165, 1.54) is 7.11 Å². The molecule has 0 radical (unpaired) electrons. The number of hydrogen-bond acceptors (Lipinski definition) is 4. The van der Waals surface area contributed by atoms with Gasteiger partial charge in [0.05, 0.1) is 18.6 Å². The smallest absolute Gasteiger partial charge is 0.254 e. The highest BCUT2D eigenvalue weighted by Crippen LogP contribution is 2.24. The summed E-state index contributed by atoms with van der Waals surface area (Å²) in [6.45, 7) is 0.302. The fourth-order valence-corrected chi connectivity index (χ4v) is 5.09. The van der Waals surface area contributed by atoms with Crippen LogP contribution in [0.15, 0.2) is 48.5 Å². The number of rotatable bonds is 5. The summed E-state index contributed by atoms with van der Waals surface area (Å²) in [6.07, 6.45) is 0.443. The summed E-state index contributed by atoms with van der Waals surface area (Å²) in [5.41, 5.74) is 1.33. The van der Waals surface area contributed by atoms with E-state index < -0.39 is 9.84 Å². The first-order valence-corrected chi connectivity index (χ1v) is 10.5. The van der Waals surface area contributed by atoms with Crippen LogP contribution in [0.2, 0.25) is 5.02 Å². The van der Waals surface area contributed by atoms with Gasteiger partial charge in [-0.05, 0) is 42.3 Å². The molecule has 0 aromatic heterocycles. The number of methoxy groups -OCH3 is 1. The van der Waals surface area contributed by atoms with Crippen molar-refractivity contribution in [1.29, 1.82) is 0 Å². The van der Waals surface area contributed by atoms with Crippen molar-refractivity contribution >= 4 is 27.3 Å². The van der Waals surface area contributed by atoms with E-state index in [1.807, 2.05) is 12.1 Å². The predicted molar refractivity (Wildman–Crippen MR) is 101 cm³/mol. The molecule has 1 saturated heterocycles. The second-order valence-corrected chi connectivity index (χ2v) is 9.02. The molecule has 1 atom stereocenters. The van der Waals surface area contributed by atoms with Crippen LogP contribution in [0.3, 0.4) is 0 Å². The molecular formula is C19H20ClNO4S. The molecule has 0 bridgehead atoms. The molecule has 3 rings (SSSR count). The van der Waals surface area contributed by atoms with Crippen LogP contribution < -0.4 is 4.74 Å². The lowest BCUT2D eigenvalue weighted by Gasteiger charge is -2.28. The highest BCUT2D eigenvalue weighted by molar-refractivity contribution is 7.91. The summed E-state index contributed by atoms with van der Waals surface area (Å²) in [6, 6.07) is 13.8. The molecule has 7 heteroatoms. The molecule has 1 aliphatic heterocycles. The number of nitrogens with zero attached hydrogens (tertiary/aromatic N) is 1. The van der Waals surface area contributed by atoms with Crippen molar-refractivity contribution in [3.05, 3.63) is 64.7 Å². The van der Waals surface area contributed by atoms with E-state index in [1.54, 1.807) is 41.3 Å². The van der Waals surface area contributed by atoms with Crippen LogP contribution in [0.1, 0.15) is 22.3 Å². The van der Waals surface area contributed by atoms with E-state index in [9.17, 15) is 13.2 Å². The van der Waals surface area contributed by atoms with Crippen molar-refractivity contribution < 1.29 is 17.9 Å². The molecule has 0 aliphatic carbocycles. The van der Waals surface area contributed by atoms with Crippen molar-refractivity contribution in [2.24, 2.45) is 0 Å². The Hall–Kier alpha value is -2.05. The van der Waals surface area contributed by atoms with Gasteiger partial charge in [0.15, 0.2) is 9.84 Å². The third-order valence-electron chi connectivity index (χ3n) is 4.47. The molecule has 1 heterocycles. The Morgan fingerprint density at radius 3 is 2.65 bits per heavy atom. The van der Waals surface area contributed by atoms with Gasteiger partial charge in [0.25, 0.3) is 5.91 Å². The maximum atomic E-state index is 13.1. The lowest BCUT2D eigenvalue weighted by atomic mass is 10.1. The van der Waals surface area contributed by atoms with Gasteiger partial charge in [-0.2, -0.15) is 0 Å². The van der Waals surface area contributed by atoms with Gasteiger partial charge in [-0.25, -0.2) is 8.42 Å². The van der Waals surface area contributed by atoms with E-state index in [2.05, 4.69) is 0 Å². The summed E-state index contributed by atoms with van der Waals surface area (Å²) >= 11 is 6.05. The van der Waals surface area contributed by atoms with E-state index in [4.69, 9.17) is 16.3 Å². The Labute approximate surface area is 158 Å². The van der Waals surface area contributed by atoms with Gasteiger partial charge in [0, 0.05) is 23.2 Å². The van der Waals surface area contributed by atoms with Crippen LogP contribution in [-0.2, 0) is 16.4 Å². The highest BCUT2D eigenvalue weighted by atomic mass is 35.5. The summed E-state index contributed by atoms with van der Waals surface area (Å²) in [4.78, 5) is 14.8. The van der Waals surface area contributed by atoms with E-state index in [0.717, 1.165) is 5.56 Å². The van der Waals surface area contributed by atoms with Crippen LogP contribution >= 0.6 is 11.6 Å². The summed E-state index contributed by atoms with van der Waals surface area (Å²) in [7, 11) is -1.58. The van der Waals surface area contributed by atoms with Crippen molar-refractivity contribution in [3.63, 3.8) is 0 Å². The Bertz CT molecular complexity index is 913. The molecule has 5 nitrogen and oxygen atoms in total. The van der Waals surface area contributed by atoms with E-state index >= 15 is 0 Å². The van der Waals surface area contributed by atoms with E-state index in [0.29, 0.717) is 29.3 Å². The van der Waals surface area contributed by atoms with Crippen molar-refractivity contribution in [3.8, 4) is 5.75 Å².